The fourth-order valence-corrected chi connectivity index (χ4v) is 6.78. The first-order valence-corrected chi connectivity index (χ1v) is 15.7. The summed E-state index contributed by atoms with van der Waals surface area (Å²) in [6.07, 6.45) is 0. The van der Waals surface area contributed by atoms with Gasteiger partial charge in [0.15, 0.2) is 5.16 Å². The minimum Gasteiger partial charge on any atom is -0.497 e. The van der Waals surface area contributed by atoms with E-state index in [1.807, 2.05) is 54.6 Å². The molecule has 0 atom stereocenters. The molecule has 4 rings (SSSR count). The van der Waals surface area contributed by atoms with Gasteiger partial charge in [0.2, 0.25) is 0 Å². The maximum atomic E-state index is 13.1. The molecule has 0 aliphatic carbocycles. The van der Waals surface area contributed by atoms with E-state index in [2.05, 4.69) is 61.3 Å². The minimum atomic E-state index is -1.80. The molecule has 3 aromatic carbocycles. The van der Waals surface area contributed by atoms with E-state index in [-0.39, 0.29) is 10.9 Å². The molecule has 7 heteroatoms. The highest BCUT2D eigenvalue weighted by atomic mass is 32.2. The monoisotopic (exact) mass is 503 g/mol. The van der Waals surface area contributed by atoms with Gasteiger partial charge in [0, 0.05) is 23.1 Å². The molecule has 0 saturated heterocycles. The number of amides is 1. The molecule has 1 aromatic heterocycles. The number of rotatable bonds is 7. The first-order chi connectivity index (χ1) is 16.6. The molecule has 1 heterocycles. The number of H-pyrrole nitrogens is 1. The van der Waals surface area contributed by atoms with Gasteiger partial charge in [-0.25, -0.2) is 4.98 Å². The van der Waals surface area contributed by atoms with Crippen molar-refractivity contribution in [3.8, 4) is 5.75 Å². The molecule has 0 unspecified atom stereocenters. The number of hydrogen-bond acceptors (Lipinski definition) is 4. The third-order valence-electron chi connectivity index (χ3n) is 6.98. The number of imidazole rings is 1. The van der Waals surface area contributed by atoms with Crippen molar-refractivity contribution in [2.24, 2.45) is 0 Å². The molecule has 0 aliphatic rings. The molecule has 182 valence electrons. The van der Waals surface area contributed by atoms with Gasteiger partial charge in [0.05, 0.1) is 26.2 Å². The Bertz CT molecular complexity index is 1340. The Hall–Kier alpha value is -3.03. The van der Waals surface area contributed by atoms with Crippen LogP contribution in [0.2, 0.25) is 18.1 Å². The number of carbonyl (C=O) groups excluding carboxylic acids is 1. The second-order valence-electron chi connectivity index (χ2n) is 10.3. The summed E-state index contributed by atoms with van der Waals surface area (Å²) in [5.41, 5.74) is 4.58. The summed E-state index contributed by atoms with van der Waals surface area (Å²) < 4.78 is 5.28. The van der Waals surface area contributed by atoms with E-state index in [1.54, 1.807) is 18.9 Å². The highest BCUT2D eigenvalue weighted by Crippen LogP contribution is 2.37. The normalized spacial score (nSPS) is 12.1. The van der Waals surface area contributed by atoms with E-state index in [1.165, 1.54) is 5.19 Å². The van der Waals surface area contributed by atoms with Crippen LogP contribution in [0.4, 0.5) is 5.69 Å². The summed E-state index contributed by atoms with van der Waals surface area (Å²) in [7, 11) is -0.140. The molecule has 0 radical (unpaired) electrons. The zero-order chi connectivity index (χ0) is 25.2. The van der Waals surface area contributed by atoms with Crippen LogP contribution in [-0.4, -0.2) is 31.1 Å². The molecule has 0 fully saturated rings. The van der Waals surface area contributed by atoms with Crippen LogP contribution < -0.4 is 15.2 Å². The zero-order valence-corrected chi connectivity index (χ0v) is 23.0. The number of thioether (sulfide) groups is 1. The van der Waals surface area contributed by atoms with Gasteiger partial charge in [-0.3, -0.25) is 4.79 Å². The third-order valence-corrected chi connectivity index (χ3v) is 13.5. The first kappa shape index (κ1) is 25.1. The highest BCUT2D eigenvalue weighted by Gasteiger charge is 2.38. The standard InChI is InChI=1S/C28H33N3O2SSi/c1-28(2,3)35(5,6)25-10-8-7-9-23(25)29-26(32)20-13-11-19(12-14-20)18-34-27-30-22-16-15-21(33-4)17-24(22)31-27/h7-17H,18H2,1-6H3,(H,29,32)(H,30,31). The second kappa shape index (κ2) is 9.91. The molecular formula is C28H33N3O2SSi. The van der Waals surface area contributed by atoms with Gasteiger partial charge in [0.1, 0.15) is 5.75 Å². The van der Waals surface area contributed by atoms with Crippen molar-refractivity contribution in [2.75, 3.05) is 12.4 Å². The van der Waals surface area contributed by atoms with Crippen LogP contribution in [0, 0.1) is 0 Å². The van der Waals surface area contributed by atoms with Crippen molar-refractivity contribution in [3.63, 3.8) is 0 Å². The van der Waals surface area contributed by atoms with Crippen molar-refractivity contribution in [3.05, 3.63) is 77.9 Å². The number of fused-ring (bicyclic) bond motifs is 1. The minimum absolute atomic E-state index is 0.0819. The lowest BCUT2D eigenvalue weighted by Gasteiger charge is -2.38. The van der Waals surface area contributed by atoms with E-state index in [0.717, 1.165) is 38.9 Å². The van der Waals surface area contributed by atoms with Crippen molar-refractivity contribution >= 4 is 47.7 Å². The highest BCUT2D eigenvalue weighted by molar-refractivity contribution is 7.98. The molecule has 0 bridgehead atoms. The van der Waals surface area contributed by atoms with Gasteiger partial charge < -0.3 is 15.0 Å². The number of anilines is 1. The third kappa shape index (κ3) is 5.46. The van der Waals surface area contributed by atoms with Crippen LogP contribution in [0.1, 0.15) is 36.7 Å². The van der Waals surface area contributed by atoms with Crippen molar-refractivity contribution in [1.29, 1.82) is 0 Å². The largest absolute Gasteiger partial charge is 0.497 e. The number of hydrogen-bond donors (Lipinski definition) is 2. The number of benzene rings is 3. The summed E-state index contributed by atoms with van der Waals surface area (Å²) in [5.74, 6) is 1.48. The summed E-state index contributed by atoms with van der Waals surface area (Å²) in [6.45, 7) is 11.6. The molecular weight excluding hydrogens is 470 g/mol. The summed E-state index contributed by atoms with van der Waals surface area (Å²) in [6, 6.07) is 21.8. The van der Waals surface area contributed by atoms with E-state index in [0.29, 0.717) is 5.56 Å². The Labute approximate surface area is 212 Å². The van der Waals surface area contributed by atoms with E-state index >= 15 is 0 Å². The van der Waals surface area contributed by atoms with Gasteiger partial charge in [-0.15, -0.1) is 0 Å². The number of nitrogens with zero attached hydrogens (tertiary/aromatic N) is 1. The number of aromatic amines is 1. The zero-order valence-electron chi connectivity index (χ0n) is 21.2. The average Bonchev–Trinajstić information content (AvgIpc) is 3.24. The lowest BCUT2D eigenvalue weighted by Crippen LogP contribution is -2.50. The summed E-state index contributed by atoms with van der Waals surface area (Å²) >= 11 is 1.63. The van der Waals surface area contributed by atoms with Gasteiger partial charge in [-0.1, -0.05) is 76.0 Å². The van der Waals surface area contributed by atoms with E-state index in [4.69, 9.17) is 4.74 Å². The van der Waals surface area contributed by atoms with Gasteiger partial charge in [0.25, 0.3) is 5.91 Å². The number of nitrogens with one attached hydrogen (secondary N) is 2. The molecule has 2 N–H and O–H groups in total. The van der Waals surface area contributed by atoms with Crippen molar-refractivity contribution in [1.82, 2.24) is 9.97 Å². The van der Waals surface area contributed by atoms with Crippen molar-refractivity contribution in [2.45, 2.75) is 49.8 Å². The Balaban J connectivity index is 1.43. The van der Waals surface area contributed by atoms with Crippen LogP contribution >= 0.6 is 11.8 Å². The molecule has 0 saturated carbocycles. The van der Waals surface area contributed by atoms with Crippen LogP contribution in [0.15, 0.2) is 71.9 Å². The Morgan fingerprint density at radius 2 is 1.77 bits per heavy atom. The number of carbonyl (C=O) groups is 1. The lowest BCUT2D eigenvalue weighted by atomic mass is 10.1. The Kier molecular flexibility index (Phi) is 7.10. The Morgan fingerprint density at radius 1 is 1.06 bits per heavy atom. The lowest BCUT2D eigenvalue weighted by molar-refractivity contribution is 0.102. The number of methoxy groups -OCH3 is 1. The predicted molar refractivity (Wildman–Crippen MR) is 150 cm³/mol. The molecule has 1 amide bonds. The SMILES string of the molecule is COc1ccc2nc(SCc3ccc(C(=O)Nc4ccccc4[Si](C)(C)C(C)(C)C)cc3)[nH]c2c1. The summed E-state index contributed by atoms with van der Waals surface area (Å²) in [5, 5.41) is 5.49. The fraction of sp³-hybridized carbons (Fsp3) is 0.286. The number of para-hydroxylation sites is 1. The molecule has 4 aromatic rings. The smallest absolute Gasteiger partial charge is 0.255 e. The summed E-state index contributed by atoms with van der Waals surface area (Å²) in [4.78, 5) is 21.0. The van der Waals surface area contributed by atoms with Crippen molar-refractivity contribution < 1.29 is 9.53 Å². The number of ether oxygens (including phenoxy) is 1. The second-order valence-corrected chi connectivity index (χ2v) is 16.5. The Morgan fingerprint density at radius 3 is 2.46 bits per heavy atom. The number of aromatic nitrogens is 2. The maximum Gasteiger partial charge on any atom is 0.255 e. The predicted octanol–water partition coefficient (Wildman–Crippen LogP) is 6.83. The topological polar surface area (TPSA) is 67.0 Å². The van der Waals surface area contributed by atoms with Crippen LogP contribution in [0.25, 0.3) is 11.0 Å². The van der Waals surface area contributed by atoms with E-state index in [9.17, 15) is 4.79 Å². The van der Waals surface area contributed by atoms with Crippen LogP contribution in [0.3, 0.4) is 0 Å². The quantitative estimate of drug-likeness (QED) is 0.214. The fourth-order valence-electron chi connectivity index (χ4n) is 3.80. The first-order valence-electron chi connectivity index (χ1n) is 11.7. The van der Waals surface area contributed by atoms with Gasteiger partial charge in [-0.2, -0.15) is 0 Å². The molecule has 5 nitrogen and oxygen atoms in total. The average molecular weight is 504 g/mol. The van der Waals surface area contributed by atoms with Gasteiger partial charge >= 0.3 is 0 Å². The molecule has 0 aliphatic heterocycles. The maximum absolute atomic E-state index is 13.1. The van der Waals surface area contributed by atoms with Gasteiger partial charge in [-0.05, 0) is 46.1 Å². The van der Waals surface area contributed by atoms with Crippen LogP contribution in [0.5, 0.6) is 5.75 Å². The molecule has 35 heavy (non-hydrogen) atoms. The van der Waals surface area contributed by atoms with E-state index < -0.39 is 8.07 Å². The molecule has 0 spiro atoms. The van der Waals surface area contributed by atoms with Crippen LogP contribution in [-0.2, 0) is 5.75 Å².